The summed E-state index contributed by atoms with van der Waals surface area (Å²) in [6.07, 6.45) is 4.38. The minimum atomic E-state index is 0.127. The molecule has 0 atom stereocenters. The van der Waals surface area contributed by atoms with E-state index >= 15 is 0 Å². The topological polar surface area (TPSA) is 63.8 Å². The molecule has 0 bridgehead atoms. The molecule has 0 unspecified atom stereocenters. The van der Waals surface area contributed by atoms with Crippen LogP contribution in [0.4, 0.5) is 0 Å². The maximum atomic E-state index is 12.1. The third-order valence-electron chi connectivity index (χ3n) is 3.47. The molecule has 3 N–H and O–H groups in total. The van der Waals surface area contributed by atoms with E-state index in [1.165, 1.54) is 19.3 Å². The van der Waals surface area contributed by atoms with E-state index in [1.807, 2.05) is 13.8 Å². The molecule has 1 aliphatic rings. The molecule has 1 saturated carbocycles. The molecule has 4 nitrogen and oxygen atoms in total. The van der Waals surface area contributed by atoms with Gasteiger partial charge in [0.2, 0.25) is 0 Å². The fraction of sp³-hybridized carbons (Fsp3) is 0.750. The number of hydrogen-bond acceptors (Lipinski definition) is 2. The summed E-state index contributed by atoms with van der Waals surface area (Å²) in [4.78, 5) is 12.1. The Hall–Kier alpha value is -1.03. The van der Waals surface area contributed by atoms with Crippen LogP contribution < -0.4 is 11.3 Å². The number of nitrogens with two attached hydrogens (primary N) is 1. The van der Waals surface area contributed by atoms with E-state index in [2.05, 4.69) is 5.10 Å². The maximum Gasteiger partial charge on any atom is 0.270 e. The molecule has 1 heterocycles. The summed E-state index contributed by atoms with van der Waals surface area (Å²) in [6, 6.07) is 0.192. The van der Waals surface area contributed by atoms with E-state index in [0.717, 1.165) is 11.3 Å². The van der Waals surface area contributed by atoms with Gasteiger partial charge in [0.05, 0.1) is 0 Å². The van der Waals surface area contributed by atoms with Crippen molar-refractivity contribution < 1.29 is 0 Å². The Kier molecular flexibility index (Phi) is 3.19. The van der Waals surface area contributed by atoms with Crippen molar-refractivity contribution in [2.24, 2.45) is 5.73 Å². The van der Waals surface area contributed by atoms with Crippen LogP contribution in [0.3, 0.4) is 0 Å². The Labute approximate surface area is 95.8 Å². The molecule has 16 heavy (non-hydrogen) atoms. The predicted octanol–water partition coefficient (Wildman–Crippen LogP) is 1.53. The largest absolute Gasteiger partial charge is 0.330 e. The first kappa shape index (κ1) is 11.5. The van der Waals surface area contributed by atoms with Crippen molar-refractivity contribution in [1.82, 2.24) is 9.78 Å². The average Bonchev–Trinajstić information content (AvgIpc) is 2.44. The number of rotatable bonds is 4. The molecule has 1 fully saturated rings. The Morgan fingerprint density at radius 2 is 2.19 bits per heavy atom. The van der Waals surface area contributed by atoms with Crippen molar-refractivity contribution in [2.75, 3.05) is 6.54 Å². The summed E-state index contributed by atoms with van der Waals surface area (Å²) in [7, 11) is 0. The molecule has 0 aliphatic heterocycles. The van der Waals surface area contributed by atoms with Crippen LogP contribution in [-0.2, 0) is 6.42 Å². The van der Waals surface area contributed by atoms with Gasteiger partial charge >= 0.3 is 0 Å². The van der Waals surface area contributed by atoms with Gasteiger partial charge in [0.1, 0.15) is 0 Å². The minimum Gasteiger partial charge on any atom is -0.330 e. The fourth-order valence-corrected chi connectivity index (χ4v) is 2.29. The number of aromatic nitrogens is 2. The Morgan fingerprint density at radius 1 is 1.50 bits per heavy atom. The van der Waals surface area contributed by atoms with Crippen molar-refractivity contribution in [1.29, 1.82) is 0 Å². The SMILES string of the molecule is CC(C)n1[nH]c(C2CCC2)c(CCN)c1=O. The number of nitrogens with one attached hydrogen (secondary N) is 1. The molecule has 0 spiro atoms. The molecule has 1 aliphatic carbocycles. The van der Waals surface area contributed by atoms with Crippen molar-refractivity contribution in [3.05, 3.63) is 21.6 Å². The first-order chi connectivity index (χ1) is 7.65. The highest BCUT2D eigenvalue weighted by Crippen LogP contribution is 2.36. The Morgan fingerprint density at radius 3 is 2.62 bits per heavy atom. The number of H-pyrrole nitrogens is 1. The monoisotopic (exact) mass is 223 g/mol. The fourth-order valence-electron chi connectivity index (χ4n) is 2.29. The summed E-state index contributed by atoms with van der Waals surface area (Å²) in [6.45, 7) is 4.59. The average molecular weight is 223 g/mol. The van der Waals surface area contributed by atoms with Gasteiger partial charge < -0.3 is 5.73 Å². The van der Waals surface area contributed by atoms with Crippen molar-refractivity contribution in [2.45, 2.75) is 51.5 Å². The van der Waals surface area contributed by atoms with E-state index in [-0.39, 0.29) is 11.6 Å². The highest BCUT2D eigenvalue weighted by atomic mass is 16.1. The predicted molar refractivity (Wildman–Crippen MR) is 64.8 cm³/mol. The molecule has 4 heteroatoms. The van der Waals surface area contributed by atoms with Crippen LogP contribution in [0.15, 0.2) is 4.79 Å². The quantitative estimate of drug-likeness (QED) is 0.813. The summed E-state index contributed by atoms with van der Waals surface area (Å²) in [5.74, 6) is 0.564. The second-order valence-electron chi connectivity index (χ2n) is 4.94. The van der Waals surface area contributed by atoms with Gasteiger partial charge in [-0.25, -0.2) is 0 Å². The summed E-state index contributed by atoms with van der Waals surface area (Å²) in [5.41, 5.74) is 7.77. The molecule has 1 aromatic rings. The molecular formula is C12H21N3O. The van der Waals surface area contributed by atoms with E-state index in [1.54, 1.807) is 4.68 Å². The molecule has 90 valence electrons. The molecule has 0 saturated heterocycles. The van der Waals surface area contributed by atoms with Crippen LogP contribution in [0.2, 0.25) is 0 Å². The van der Waals surface area contributed by atoms with Crippen molar-refractivity contribution >= 4 is 0 Å². The van der Waals surface area contributed by atoms with E-state index in [0.29, 0.717) is 18.9 Å². The van der Waals surface area contributed by atoms with Crippen LogP contribution >= 0.6 is 0 Å². The lowest BCUT2D eigenvalue weighted by molar-refractivity contribution is 0.399. The lowest BCUT2D eigenvalue weighted by Gasteiger charge is -2.25. The van der Waals surface area contributed by atoms with Gasteiger partial charge in [-0.3, -0.25) is 14.6 Å². The zero-order chi connectivity index (χ0) is 11.7. The summed E-state index contributed by atoms with van der Waals surface area (Å²) >= 11 is 0. The lowest BCUT2D eigenvalue weighted by Crippen LogP contribution is -2.22. The highest BCUT2D eigenvalue weighted by molar-refractivity contribution is 5.23. The second-order valence-corrected chi connectivity index (χ2v) is 4.94. The van der Waals surface area contributed by atoms with Crippen LogP contribution in [0.25, 0.3) is 0 Å². The van der Waals surface area contributed by atoms with Gasteiger partial charge in [-0.2, -0.15) is 0 Å². The van der Waals surface area contributed by atoms with E-state index < -0.39 is 0 Å². The van der Waals surface area contributed by atoms with Gasteiger partial charge in [0.15, 0.2) is 0 Å². The first-order valence-corrected chi connectivity index (χ1v) is 6.18. The van der Waals surface area contributed by atoms with Crippen LogP contribution in [0, 0.1) is 0 Å². The Bertz CT molecular complexity index is 412. The van der Waals surface area contributed by atoms with Gasteiger partial charge in [-0.05, 0) is 39.7 Å². The maximum absolute atomic E-state index is 12.1. The summed E-state index contributed by atoms with van der Waals surface area (Å²) in [5, 5.41) is 3.28. The number of nitrogens with zero attached hydrogens (tertiary/aromatic N) is 1. The van der Waals surface area contributed by atoms with Gasteiger partial charge in [-0.1, -0.05) is 6.42 Å². The third-order valence-corrected chi connectivity index (χ3v) is 3.47. The van der Waals surface area contributed by atoms with Crippen LogP contribution in [-0.4, -0.2) is 16.3 Å². The lowest BCUT2D eigenvalue weighted by atomic mass is 9.81. The summed E-state index contributed by atoms with van der Waals surface area (Å²) < 4.78 is 1.73. The van der Waals surface area contributed by atoms with Crippen LogP contribution in [0.1, 0.15) is 56.3 Å². The second kappa shape index (κ2) is 4.45. The van der Waals surface area contributed by atoms with Crippen molar-refractivity contribution in [3.8, 4) is 0 Å². The zero-order valence-corrected chi connectivity index (χ0v) is 10.1. The van der Waals surface area contributed by atoms with E-state index in [4.69, 9.17) is 5.73 Å². The molecule has 0 aromatic carbocycles. The highest BCUT2D eigenvalue weighted by Gasteiger charge is 2.26. The number of aromatic amines is 1. The standard InChI is InChI=1S/C12H21N3O/c1-8(2)15-12(16)10(6-7-13)11(14-15)9-4-3-5-9/h8-9,14H,3-7,13H2,1-2H3. The molecule has 0 radical (unpaired) electrons. The van der Waals surface area contributed by atoms with Crippen molar-refractivity contribution in [3.63, 3.8) is 0 Å². The third kappa shape index (κ3) is 1.82. The zero-order valence-electron chi connectivity index (χ0n) is 10.1. The van der Waals surface area contributed by atoms with Gasteiger partial charge in [0, 0.05) is 23.2 Å². The smallest absolute Gasteiger partial charge is 0.270 e. The van der Waals surface area contributed by atoms with Gasteiger partial charge in [-0.15, -0.1) is 0 Å². The molecule has 1 aromatic heterocycles. The van der Waals surface area contributed by atoms with Crippen LogP contribution in [0.5, 0.6) is 0 Å². The minimum absolute atomic E-state index is 0.127. The normalized spacial score (nSPS) is 16.8. The molecule has 2 rings (SSSR count). The Balaban J connectivity index is 2.41. The van der Waals surface area contributed by atoms with Gasteiger partial charge in [0.25, 0.3) is 5.56 Å². The first-order valence-electron chi connectivity index (χ1n) is 6.18. The molecule has 0 amide bonds. The number of hydrogen-bond donors (Lipinski definition) is 2. The van der Waals surface area contributed by atoms with E-state index in [9.17, 15) is 4.79 Å². The molecular weight excluding hydrogens is 202 g/mol.